The molecular formula is C26H29N5O3. The average Bonchev–Trinajstić information content (AvgIpc) is 3.41. The van der Waals surface area contributed by atoms with Crippen LogP contribution in [0.25, 0.3) is 11.0 Å². The van der Waals surface area contributed by atoms with E-state index < -0.39 is 0 Å². The number of anilines is 3. The van der Waals surface area contributed by atoms with Crippen molar-refractivity contribution in [2.45, 2.75) is 25.7 Å². The van der Waals surface area contributed by atoms with E-state index >= 15 is 0 Å². The first kappa shape index (κ1) is 22.2. The average molecular weight is 460 g/mol. The number of hydrogen-bond donors (Lipinski definition) is 1. The molecule has 1 N–H and O–H groups in total. The Morgan fingerprint density at radius 3 is 2.74 bits per heavy atom. The minimum Gasteiger partial charge on any atom is -0.493 e. The highest BCUT2D eigenvalue weighted by molar-refractivity contribution is 5.89. The summed E-state index contributed by atoms with van der Waals surface area (Å²) in [6, 6.07) is 11.8. The number of methoxy groups -OCH3 is 1. The van der Waals surface area contributed by atoms with Crippen molar-refractivity contribution in [1.29, 1.82) is 5.26 Å². The topological polar surface area (TPSA) is 92.5 Å². The maximum absolute atomic E-state index is 9.98. The molecule has 5 rings (SSSR count). The molecule has 0 atom stereocenters. The van der Waals surface area contributed by atoms with Crippen molar-refractivity contribution < 1.29 is 14.2 Å². The molecule has 1 saturated heterocycles. The van der Waals surface area contributed by atoms with E-state index in [1.165, 1.54) is 25.7 Å². The fourth-order valence-corrected chi connectivity index (χ4v) is 4.64. The Balaban J connectivity index is 1.39. The molecule has 0 bridgehead atoms. The van der Waals surface area contributed by atoms with Gasteiger partial charge in [-0.2, -0.15) is 5.26 Å². The number of rotatable bonds is 7. The van der Waals surface area contributed by atoms with Crippen LogP contribution in [0.4, 0.5) is 17.2 Å². The third-order valence-corrected chi connectivity index (χ3v) is 6.54. The van der Waals surface area contributed by atoms with Gasteiger partial charge in [0.25, 0.3) is 0 Å². The summed E-state index contributed by atoms with van der Waals surface area (Å²) in [5.41, 5.74) is 3.20. The minimum atomic E-state index is 0.459. The lowest BCUT2D eigenvalue weighted by Gasteiger charge is -2.27. The van der Waals surface area contributed by atoms with Crippen LogP contribution >= 0.6 is 0 Å². The summed E-state index contributed by atoms with van der Waals surface area (Å²) in [7, 11) is 1.64. The van der Waals surface area contributed by atoms with E-state index in [1.54, 1.807) is 13.3 Å². The van der Waals surface area contributed by atoms with Crippen LogP contribution in [0.3, 0.4) is 0 Å². The number of aromatic nitrogens is 2. The lowest BCUT2D eigenvalue weighted by molar-refractivity contribution is 0.122. The smallest absolute Gasteiger partial charge is 0.162 e. The first-order valence-corrected chi connectivity index (χ1v) is 11.9. The number of fused-ring (bicyclic) bond motifs is 1. The lowest BCUT2D eigenvalue weighted by atomic mass is 10.1. The second kappa shape index (κ2) is 10.1. The molecule has 0 unspecified atom stereocenters. The third-order valence-electron chi connectivity index (χ3n) is 6.54. The van der Waals surface area contributed by atoms with Gasteiger partial charge in [-0.25, -0.2) is 4.98 Å². The van der Waals surface area contributed by atoms with Crippen molar-refractivity contribution in [2.75, 3.05) is 50.2 Å². The number of ether oxygens (including phenoxy) is 3. The van der Waals surface area contributed by atoms with Crippen molar-refractivity contribution in [3.05, 3.63) is 42.1 Å². The van der Waals surface area contributed by atoms with E-state index in [2.05, 4.69) is 21.3 Å². The van der Waals surface area contributed by atoms with Crippen molar-refractivity contribution in [2.24, 2.45) is 5.92 Å². The highest BCUT2D eigenvalue weighted by atomic mass is 16.5. The monoisotopic (exact) mass is 459 g/mol. The van der Waals surface area contributed by atoms with Crippen molar-refractivity contribution >= 4 is 28.2 Å². The predicted octanol–water partition coefficient (Wildman–Crippen LogP) is 4.66. The molecule has 0 amide bonds. The molecule has 2 aromatic carbocycles. The van der Waals surface area contributed by atoms with Gasteiger partial charge in [0.1, 0.15) is 23.0 Å². The summed E-state index contributed by atoms with van der Waals surface area (Å²) in [5.74, 6) is 2.79. The predicted molar refractivity (Wildman–Crippen MR) is 131 cm³/mol. The van der Waals surface area contributed by atoms with Crippen molar-refractivity contribution in [3.63, 3.8) is 0 Å². The molecule has 2 fully saturated rings. The zero-order valence-corrected chi connectivity index (χ0v) is 19.4. The van der Waals surface area contributed by atoms with E-state index in [0.29, 0.717) is 47.2 Å². The number of nitrogens with zero attached hydrogens (tertiary/aromatic N) is 4. The summed E-state index contributed by atoms with van der Waals surface area (Å²) in [6.45, 7) is 3.56. The van der Waals surface area contributed by atoms with Crippen LogP contribution in [0, 0.1) is 17.2 Å². The summed E-state index contributed by atoms with van der Waals surface area (Å²) < 4.78 is 17.1. The van der Waals surface area contributed by atoms with E-state index in [-0.39, 0.29) is 0 Å². The first-order chi connectivity index (χ1) is 16.7. The molecule has 2 aliphatic rings. The van der Waals surface area contributed by atoms with Gasteiger partial charge in [-0.05, 0) is 43.0 Å². The Kier molecular flexibility index (Phi) is 6.63. The van der Waals surface area contributed by atoms with Gasteiger partial charge in [0.05, 0.1) is 44.3 Å². The van der Waals surface area contributed by atoms with Gasteiger partial charge in [-0.1, -0.05) is 12.8 Å². The number of benzene rings is 2. The number of nitrogens with one attached hydrogen (secondary N) is 1. The van der Waals surface area contributed by atoms with Crippen LogP contribution in [0.1, 0.15) is 31.2 Å². The van der Waals surface area contributed by atoms with E-state index in [1.807, 2.05) is 30.3 Å². The summed E-state index contributed by atoms with van der Waals surface area (Å²) >= 11 is 0. The van der Waals surface area contributed by atoms with Crippen LogP contribution in [0.5, 0.6) is 11.5 Å². The number of morpholine rings is 1. The van der Waals surface area contributed by atoms with E-state index in [0.717, 1.165) is 37.0 Å². The highest BCUT2D eigenvalue weighted by Crippen LogP contribution is 2.35. The molecule has 1 aliphatic heterocycles. The quantitative estimate of drug-likeness (QED) is 0.545. The van der Waals surface area contributed by atoms with Gasteiger partial charge < -0.3 is 24.4 Å². The van der Waals surface area contributed by atoms with Gasteiger partial charge in [0, 0.05) is 24.8 Å². The highest BCUT2D eigenvalue weighted by Gasteiger charge is 2.18. The fourth-order valence-electron chi connectivity index (χ4n) is 4.64. The molecule has 8 nitrogen and oxygen atoms in total. The van der Waals surface area contributed by atoms with Crippen molar-refractivity contribution in [3.8, 4) is 17.6 Å². The van der Waals surface area contributed by atoms with Crippen LogP contribution in [-0.2, 0) is 4.74 Å². The zero-order chi connectivity index (χ0) is 23.3. The Bertz CT molecular complexity index is 1200. The summed E-state index contributed by atoms with van der Waals surface area (Å²) in [6.07, 6.45) is 6.81. The maximum Gasteiger partial charge on any atom is 0.162 e. The molecule has 0 spiro atoms. The molecule has 8 heteroatoms. The Morgan fingerprint density at radius 2 is 1.97 bits per heavy atom. The zero-order valence-electron chi connectivity index (χ0n) is 19.4. The van der Waals surface area contributed by atoms with E-state index in [4.69, 9.17) is 19.2 Å². The Hall–Kier alpha value is -3.57. The molecule has 34 heavy (non-hydrogen) atoms. The number of hydrogen-bond acceptors (Lipinski definition) is 8. The first-order valence-electron chi connectivity index (χ1n) is 11.9. The fraction of sp³-hybridized carbons (Fsp3) is 0.423. The molecule has 1 saturated carbocycles. The Morgan fingerprint density at radius 1 is 1.15 bits per heavy atom. The lowest BCUT2D eigenvalue weighted by Crippen LogP contribution is -2.36. The van der Waals surface area contributed by atoms with Gasteiger partial charge in [-0.3, -0.25) is 4.98 Å². The Labute approximate surface area is 199 Å². The van der Waals surface area contributed by atoms with Crippen LogP contribution in [0.2, 0.25) is 0 Å². The van der Waals surface area contributed by atoms with Crippen LogP contribution < -0.4 is 19.7 Å². The molecular weight excluding hydrogens is 430 g/mol. The second-order valence-electron chi connectivity index (χ2n) is 8.75. The SMILES string of the molecule is COc1cc(Nc2ccc3ncc(N4CCOCC4)nc3c2C#N)ccc1OCC1CCCC1. The standard InChI is InChI=1S/C26H29N5O3/c1-32-24-14-19(6-9-23(24)34-17-18-4-2-3-5-18)29-21-7-8-22-26(20(21)15-27)30-25(16-28-22)31-10-12-33-13-11-31/h6-9,14,16,18,29H,2-5,10-13,17H2,1H3. The molecule has 1 aromatic heterocycles. The molecule has 2 heterocycles. The molecule has 3 aromatic rings. The van der Waals surface area contributed by atoms with Crippen LogP contribution in [0.15, 0.2) is 36.5 Å². The van der Waals surface area contributed by atoms with Gasteiger partial charge in [0.15, 0.2) is 11.5 Å². The van der Waals surface area contributed by atoms with Crippen molar-refractivity contribution in [1.82, 2.24) is 9.97 Å². The molecule has 1 aliphatic carbocycles. The van der Waals surface area contributed by atoms with Crippen LogP contribution in [-0.4, -0.2) is 50.0 Å². The third kappa shape index (κ3) is 4.70. The van der Waals surface area contributed by atoms with Gasteiger partial charge in [0.2, 0.25) is 0 Å². The number of nitriles is 1. The normalized spacial score (nSPS) is 16.4. The largest absolute Gasteiger partial charge is 0.493 e. The minimum absolute atomic E-state index is 0.459. The van der Waals surface area contributed by atoms with E-state index in [9.17, 15) is 5.26 Å². The molecule has 0 radical (unpaired) electrons. The van der Waals surface area contributed by atoms with Gasteiger partial charge in [-0.15, -0.1) is 0 Å². The van der Waals surface area contributed by atoms with Gasteiger partial charge >= 0.3 is 0 Å². The summed E-state index contributed by atoms with van der Waals surface area (Å²) in [4.78, 5) is 11.5. The summed E-state index contributed by atoms with van der Waals surface area (Å²) in [5, 5.41) is 13.3. The second-order valence-corrected chi connectivity index (χ2v) is 8.75. The maximum atomic E-state index is 9.98. The molecule has 176 valence electrons.